The topological polar surface area (TPSA) is 84.7 Å². The first kappa shape index (κ1) is 15.8. The summed E-state index contributed by atoms with van der Waals surface area (Å²) >= 11 is 0. The summed E-state index contributed by atoms with van der Waals surface area (Å²) in [5.74, 6) is 0.0966. The Morgan fingerprint density at radius 3 is 2.45 bits per heavy atom. The second kappa shape index (κ2) is 7.37. The van der Waals surface area contributed by atoms with Crippen molar-refractivity contribution in [2.24, 2.45) is 0 Å². The van der Waals surface area contributed by atoms with E-state index in [9.17, 15) is 9.59 Å². The summed E-state index contributed by atoms with van der Waals surface area (Å²) in [6.45, 7) is 4.99. The Hall–Kier alpha value is -2.24. The van der Waals surface area contributed by atoms with Gasteiger partial charge in [0.15, 0.2) is 0 Å². The van der Waals surface area contributed by atoms with Crippen molar-refractivity contribution in [1.82, 2.24) is 10.2 Å². The summed E-state index contributed by atoms with van der Waals surface area (Å²) in [5, 5.41) is 2.58. The van der Waals surface area contributed by atoms with Crippen LogP contribution in [-0.4, -0.2) is 43.5 Å². The summed E-state index contributed by atoms with van der Waals surface area (Å²) in [6.07, 6.45) is 0. The molecule has 110 valence electrons. The highest BCUT2D eigenvalue weighted by atomic mass is 16.5. The van der Waals surface area contributed by atoms with Gasteiger partial charge in [-0.05, 0) is 26.0 Å². The molecular weight excluding hydrogens is 258 g/mol. The van der Waals surface area contributed by atoms with E-state index in [2.05, 4.69) is 5.32 Å². The zero-order chi connectivity index (χ0) is 15.1. The van der Waals surface area contributed by atoms with Crippen LogP contribution >= 0.6 is 0 Å². The number of anilines is 1. The molecule has 0 saturated carbocycles. The summed E-state index contributed by atoms with van der Waals surface area (Å²) in [5.41, 5.74) is 6.43. The number of carbonyl (C=O) groups is 2. The van der Waals surface area contributed by atoms with Gasteiger partial charge >= 0.3 is 0 Å². The van der Waals surface area contributed by atoms with E-state index < -0.39 is 0 Å². The molecule has 0 atom stereocenters. The minimum atomic E-state index is -0.370. The fourth-order valence-corrected chi connectivity index (χ4v) is 1.81. The number of methoxy groups -OCH3 is 1. The number of likely N-dealkylation sites (N-methyl/N-ethyl adjacent to an activating group) is 1. The van der Waals surface area contributed by atoms with Crippen LogP contribution in [0.4, 0.5) is 5.69 Å². The molecular formula is C14H21N3O3. The van der Waals surface area contributed by atoms with Crippen LogP contribution < -0.4 is 15.8 Å². The maximum absolute atomic E-state index is 12.0. The number of hydrogen-bond acceptors (Lipinski definition) is 4. The third-order valence-corrected chi connectivity index (χ3v) is 3.02. The smallest absolute Gasteiger partial charge is 0.253 e. The zero-order valence-electron chi connectivity index (χ0n) is 12.1. The molecule has 0 saturated heterocycles. The molecule has 0 unspecified atom stereocenters. The summed E-state index contributed by atoms with van der Waals surface area (Å²) in [4.78, 5) is 25.4. The van der Waals surface area contributed by atoms with Gasteiger partial charge in [-0.2, -0.15) is 0 Å². The number of carbonyl (C=O) groups excluding carboxylic acids is 2. The molecule has 1 aromatic rings. The van der Waals surface area contributed by atoms with E-state index in [0.29, 0.717) is 30.1 Å². The second-order valence-corrected chi connectivity index (χ2v) is 4.20. The number of nitrogens with zero attached hydrogens (tertiary/aromatic N) is 1. The lowest BCUT2D eigenvalue weighted by molar-refractivity contribution is -0.129. The van der Waals surface area contributed by atoms with Crippen molar-refractivity contribution >= 4 is 17.5 Å². The predicted molar refractivity (Wildman–Crippen MR) is 77.7 cm³/mol. The van der Waals surface area contributed by atoms with Crippen LogP contribution in [0.15, 0.2) is 18.2 Å². The Labute approximate surface area is 118 Å². The molecule has 0 aromatic heterocycles. The molecule has 0 radical (unpaired) electrons. The van der Waals surface area contributed by atoms with Gasteiger partial charge in [0.05, 0.1) is 19.2 Å². The Balaban J connectivity index is 2.66. The van der Waals surface area contributed by atoms with Crippen molar-refractivity contribution < 1.29 is 14.3 Å². The summed E-state index contributed by atoms with van der Waals surface area (Å²) < 4.78 is 5.02. The lowest BCUT2D eigenvalue weighted by atomic mass is 10.1. The number of nitrogens with two attached hydrogens (primary N) is 1. The summed E-state index contributed by atoms with van der Waals surface area (Å²) in [6, 6.07) is 4.80. The van der Waals surface area contributed by atoms with Crippen LogP contribution in [0.25, 0.3) is 0 Å². The molecule has 0 heterocycles. The first-order valence-electron chi connectivity index (χ1n) is 6.52. The standard InChI is InChI=1S/C14H21N3O3/c1-4-17(5-2)13(18)9-16-14(19)11-7-6-10(20-3)8-12(11)15/h6-8H,4-5,9,15H2,1-3H3,(H,16,19). The zero-order valence-corrected chi connectivity index (χ0v) is 12.1. The Morgan fingerprint density at radius 1 is 1.30 bits per heavy atom. The van der Waals surface area contributed by atoms with Crippen molar-refractivity contribution in [2.45, 2.75) is 13.8 Å². The minimum absolute atomic E-state index is 0.0357. The molecule has 6 nitrogen and oxygen atoms in total. The van der Waals surface area contributed by atoms with E-state index in [-0.39, 0.29) is 18.4 Å². The molecule has 1 aromatic carbocycles. The van der Waals surface area contributed by atoms with E-state index in [1.54, 1.807) is 23.1 Å². The van der Waals surface area contributed by atoms with Gasteiger partial charge in [-0.1, -0.05) is 0 Å². The van der Waals surface area contributed by atoms with Crippen molar-refractivity contribution in [3.05, 3.63) is 23.8 Å². The number of amides is 2. The molecule has 20 heavy (non-hydrogen) atoms. The second-order valence-electron chi connectivity index (χ2n) is 4.20. The fraction of sp³-hybridized carbons (Fsp3) is 0.429. The first-order chi connectivity index (χ1) is 9.53. The van der Waals surface area contributed by atoms with Crippen molar-refractivity contribution in [1.29, 1.82) is 0 Å². The Bertz CT molecular complexity index is 485. The number of nitrogens with one attached hydrogen (secondary N) is 1. The van der Waals surface area contributed by atoms with E-state index in [1.807, 2.05) is 13.8 Å². The maximum Gasteiger partial charge on any atom is 0.253 e. The van der Waals surface area contributed by atoms with E-state index >= 15 is 0 Å². The van der Waals surface area contributed by atoms with Crippen LogP contribution in [0.1, 0.15) is 24.2 Å². The highest BCUT2D eigenvalue weighted by molar-refractivity contribution is 6.00. The third-order valence-electron chi connectivity index (χ3n) is 3.02. The lowest BCUT2D eigenvalue weighted by Gasteiger charge is -2.18. The van der Waals surface area contributed by atoms with Crippen LogP contribution in [0.2, 0.25) is 0 Å². The van der Waals surface area contributed by atoms with Gasteiger partial charge < -0.3 is 20.7 Å². The van der Waals surface area contributed by atoms with Crippen LogP contribution in [0, 0.1) is 0 Å². The highest BCUT2D eigenvalue weighted by Crippen LogP contribution is 2.19. The lowest BCUT2D eigenvalue weighted by Crippen LogP contribution is -2.40. The molecule has 2 amide bonds. The largest absolute Gasteiger partial charge is 0.497 e. The van der Waals surface area contributed by atoms with Gasteiger partial charge in [-0.3, -0.25) is 9.59 Å². The number of rotatable bonds is 6. The predicted octanol–water partition coefficient (Wildman–Crippen LogP) is 0.876. The Kier molecular flexibility index (Phi) is 5.83. The van der Waals surface area contributed by atoms with Crippen LogP contribution in [0.5, 0.6) is 5.75 Å². The average molecular weight is 279 g/mol. The van der Waals surface area contributed by atoms with Crippen LogP contribution in [0.3, 0.4) is 0 Å². The summed E-state index contributed by atoms with van der Waals surface area (Å²) in [7, 11) is 1.53. The van der Waals surface area contributed by atoms with Gasteiger partial charge in [0.25, 0.3) is 5.91 Å². The van der Waals surface area contributed by atoms with Crippen molar-refractivity contribution in [3.63, 3.8) is 0 Å². The number of ether oxygens (including phenoxy) is 1. The monoisotopic (exact) mass is 279 g/mol. The number of benzene rings is 1. The van der Waals surface area contributed by atoms with E-state index in [0.717, 1.165) is 0 Å². The highest BCUT2D eigenvalue weighted by Gasteiger charge is 2.14. The molecule has 0 aliphatic rings. The molecule has 0 spiro atoms. The molecule has 6 heteroatoms. The SMILES string of the molecule is CCN(CC)C(=O)CNC(=O)c1ccc(OC)cc1N. The van der Waals surface area contributed by atoms with Gasteiger partial charge in [-0.15, -0.1) is 0 Å². The van der Waals surface area contributed by atoms with Gasteiger partial charge in [0.2, 0.25) is 5.91 Å². The number of hydrogen-bond donors (Lipinski definition) is 2. The van der Waals surface area contributed by atoms with Gasteiger partial charge in [-0.25, -0.2) is 0 Å². The third kappa shape index (κ3) is 3.88. The van der Waals surface area contributed by atoms with Gasteiger partial charge in [0, 0.05) is 24.8 Å². The normalized spacial score (nSPS) is 9.95. The van der Waals surface area contributed by atoms with E-state index in [1.165, 1.54) is 7.11 Å². The molecule has 0 fully saturated rings. The minimum Gasteiger partial charge on any atom is -0.497 e. The molecule has 0 aliphatic carbocycles. The quantitative estimate of drug-likeness (QED) is 0.757. The molecule has 3 N–H and O–H groups in total. The molecule has 0 aliphatic heterocycles. The van der Waals surface area contributed by atoms with Gasteiger partial charge in [0.1, 0.15) is 5.75 Å². The van der Waals surface area contributed by atoms with Crippen LogP contribution in [-0.2, 0) is 4.79 Å². The maximum atomic E-state index is 12.0. The van der Waals surface area contributed by atoms with E-state index in [4.69, 9.17) is 10.5 Å². The van der Waals surface area contributed by atoms with Crippen molar-refractivity contribution in [3.8, 4) is 5.75 Å². The fourth-order valence-electron chi connectivity index (χ4n) is 1.81. The first-order valence-corrected chi connectivity index (χ1v) is 6.52. The molecule has 1 rings (SSSR count). The Morgan fingerprint density at radius 2 is 1.95 bits per heavy atom. The average Bonchev–Trinajstić information content (AvgIpc) is 2.45. The molecule has 0 bridgehead atoms. The van der Waals surface area contributed by atoms with Crippen molar-refractivity contribution in [2.75, 3.05) is 32.5 Å². The number of nitrogen functional groups attached to an aromatic ring is 1.